The third-order valence-electron chi connectivity index (χ3n) is 5.23. The number of esters is 1. The summed E-state index contributed by atoms with van der Waals surface area (Å²) < 4.78 is 10.5. The maximum atomic E-state index is 13.1. The molecule has 2 aliphatic heterocycles. The Morgan fingerprint density at radius 3 is 3.00 bits per heavy atom. The highest BCUT2D eigenvalue weighted by Crippen LogP contribution is 2.46. The van der Waals surface area contributed by atoms with E-state index in [1.54, 1.807) is 11.8 Å². The third-order valence-corrected chi connectivity index (χ3v) is 5.23. The average Bonchev–Trinajstić information content (AvgIpc) is 3.23. The number of piperidine rings is 1. The van der Waals surface area contributed by atoms with Gasteiger partial charge in [0.2, 0.25) is 5.91 Å². The van der Waals surface area contributed by atoms with Crippen LogP contribution in [0.15, 0.2) is 34.9 Å². The zero-order chi connectivity index (χ0) is 18.3. The lowest BCUT2D eigenvalue weighted by Gasteiger charge is -2.38. The molecule has 1 aromatic heterocycles. The van der Waals surface area contributed by atoms with Crippen LogP contribution in [-0.4, -0.2) is 43.6 Å². The fraction of sp³-hybridized carbons (Fsp3) is 0.421. The lowest BCUT2D eigenvalue weighted by atomic mass is 9.75. The fourth-order valence-corrected chi connectivity index (χ4v) is 4.04. The van der Waals surface area contributed by atoms with Crippen LogP contribution in [0.4, 0.5) is 11.7 Å². The van der Waals surface area contributed by atoms with Gasteiger partial charge in [0.05, 0.1) is 12.0 Å². The highest BCUT2D eigenvalue weighted by molar-refractivity contribution is 6.08. The molecule has 136 valence electrons. The van der Waals surface area contributed by atoms with Gasteiger partial charge < -0.3 is 19.0 Å². The van der Waals surface area contributed by atoms with Crippen molar-refractivity contribution in [1.29, 1.82) is 0 Å². The van der Waals surface area contributed by atoms with E-state index in [1.165, 1.54) is 6.26 Å². The molecule has 0 aliphatic carbocycles. The van der Waals surface area contributed by atoms with Gasteiger partial charge in [0, 0.05) is 25.8 Å². The summed E-state index contributed by atoms with van der Waals surface area (Å²) in [4.78, 5) is 32.9. The summed E-state index contributed by atoms with van der Waals surface area (Å²) in [7, 11) is 1.82. The summed E-state index contributed by atoms with van der Waals surface area (Å²) >= 11 is 0. The van der Waals surface area contributed by atoms with E-state index in [9.17, 15) is 9.59 Å². The first kappa shape index (κ1) is 16.6. The molecule has 1 saturated heterocycles. The SMILES string of the molecule is CCOC(=O)c1coc(N2CCC[C@]3(C2)C(=O)N(C)c2ccccc23)n1. The molecule has 7 heteroatoms. The van der Waals surface area contributed by atoms with Crippen molar-refractivity contribution in [2.75, 3.05) is 36.5 Å². The van der Waals surface area contributed by atoms with Crippen molar-refractivity contribution in [2.24, 2.45) is 0 Å². The van der Waals surface area contributed by atoms with Gasteiger partial charge in [0.25, 0.3) is 6.01 Å². The molecule has 7 nitrogen and oxygen atoms in total. The first-order valence-corrected chi connectivity index (χ1v) is 8.82. The van der Waals surface area contributed by atoms with E-state index in [0.717, 1.165) is 30.6 Å². The summed E-state index contributed by atoms with van der Waals surface area (Å²) in [6, 6.07) is 8.27. The molecule has 1 aromatic carbocycles. The predicted molar refractivity (Wildman–Crippen MR) is 95.4 cm³/mol. The zero-order valence-corrected chi connectivity index (χ0v) is 14.9. The van der Waals surface area contributed by atoms with E-state index in [2.05, 4.69) is 4.98 Å². The second-order valence-electron chi connectivity index (χ2n) is 6.72. The molecule has 0 unspecified atom stereocenters. The zero-order valence-electron chi connectivity index (χ0n) is 14.9. The van der Waals surface area contributed by atoms with Crippen LogP contribution < -0.4 is 9.80 Å². The van der Waals surface area contributed by atoms with Gasteiger partial charge in [0.1, 0.15) is 6.26 Å². The first-order valence-electron chi connectivity index (χ1n) is 8.82. The molecule has 0 bridgehead atoms. The molecule has 0 radical (unpaired) electrons. The van der Waals surface area contributed by atoms with Gasteiger partial charge >= 0.3 is 5.97 Å². The molecule has 0 saturated carbocycles. The lowest BCUT2D eigenvalue weighted by Crippen LogP contribution is -2.51. The standard InChI is InChI=1S/C19H21N3O4/c1-3-25-16(23)14-11-26-18(20-14)22-10-6-9-19(12-22)13-7-4-5-8-15(13)21(2)17(19)24/h4-5,7-8,11H,3,6,9-10,12H2,1-2H3/t19-/m1/s1. The monoisotopic (exact) mass is 355 g/mol. The Labute approximate surface area is 151 Å². The van der Waals surface area contributed by atoms with Gasteiger partial charge in [-0.15, -0.1) is 0 Å². The highest BCUT2D eigenvalue weighted by Gasteiger charge is 2.52. The number of oxazole rings is 1. The quantitative estimate of drug-likeness (QED) is 0.787. The van der Waals surface area contributed by atoms with Crippen LogP contribution in [0.25, 0.3) is 0 Å². The Bertz CT molecular complexity index is 862. The number of hydrogen-bond acceptors (Lipinski definition) is 6. The molecule has 4 rings (SSSR count). The van der Waals surface area contributed by atoms with Gasteiger partial charge in [-0.05, 0) is 31.4 Å². The smallest absolute Gasteiger partial charge is 0.360 e. The van der Waals surface area contributed by atoms with Crippen LogP contribution in [0.3, 0.4) is 0 Å². The van der Waals surface area contributed by atoms with E-state index in [-0.39, 0.29) is 18.2 Å². The minimum Gasteiger partial charge on any atom is -0.461 e. The van der Waals surface area contributed by atoms with Gasteiger partial charge in [-0.1, -0.05) is 18.2 Å². The molecule has 1 atom stereocenters. The number of hydrogen-bond donors (Lipinski definition) is 0. The van der Waals surface area contributed by atoms with Crippen LogP contribution in [-0.2, 0) is 14.9 Å². The Hall–Kier alpha value is -2.83. The molecule has 2 aromatic rings. The number of amides is 1. The predicted octanol–water partition coefficient (Wildman–Crippen LogP) is 2.37. The molecule has 1 spiro atoms. The van der Waals surface area contributed by atoms with Crippen LogP contribution in [0.2, 0.25) is 0 Å². The van der Waals surface area contributed by atoms with E-state index in [4.69, 9.17) is 9.15 Å². The number of anilines is 2. The van der Waals surface area contributed by atoms with Gasteiger partial charge in [0.15, 0.2) is 5.69 Å². The number of fused-ring (bicyclic) bond motifs is 2. The summed E-state index contributed by atoms with van der Waals surface area (Å²) in [5, 5.41) is 0. The second kappa shape index (κ2) is 6.16. The molecule has 1 fully saturated rings. The lowest BCUT2D eigenvalue weighted by molar-refractivity contribution is -0.123. The largest absolute Gasteiger partial charge is 0.461 e. The summed E-state index contributed by atoms with van der Waals surface area (Å²) in [5.41, 5.74) is 1.56. The number of benzene rings is 1. The Morgan fingerprint density at radius 1 is 1.38 bits per heavy atom. The minimum absolute atomic E-state index is 0.0978. The van der Waals surface area contributed by atoms with Crippen molar-refractivity contribution in [1.82, 2.24) is 4.98 Å². The van der Waals surface area contributed by atoms with Crippen LogP contribution >= 0.6 is 0 Å². The fourth-order valence-electron chi connectivity index (χ4n) is 4.04. The van der Waals surface area contributed by atoms with Gasteiger partial charge in [-0.25, -0.2) is 4.79 Å². The second-order valence-corrected chi connectivity index (χ2v) is 6.72. The molecule has 26 heavy (non-hydrogen) atoms. The number of ether oxygens (including phenoxy) is 1. The van der Waals surface area contributed by atoms with Crippen molar-refractivity contribution in [2.45, 2.75) is 25.2 Å². The van der Waals surface area contributed by atoms with Crippen LogP contribution in [0, 0.1) is 0 Å². The molecule has 0 N–H and O–H groups in total. The van der Waals surface area contributed by atoms with Crippen molar-refractivity contribution in [3.8, 4) is 0 Å². The number of rotatable bonds is 3. The van der Waals surface area contributed by atoms with Crippen molar-refractivity contribution in [3.63, 3.8) is 0 Å². The van der Waals surface area contributed by atoms with E-state index in [0.29, 0.717) is 12.6 Å². The van der Waals surface area contributed by atoms with E-state index in [1.807, 2.05) is 36.2 Å². The van der Waals surface area contributed by atoms with Crippen LogP contribution in [0.5, 0.6) is 0 Å². The Morgan fingerprint density at radius 2 is 2.19 bits per heavy atom. The summed E-state index contributed by atoms with van der Waals surface area (Å²) in [5.74, 6) is -0.406. The van der Waals surface area contributed by atoms with Crippen molar-refractivity contribution in [3.05, 3.63) is 41.8 Å². The summed E-state index contributed by atoms with van der Waals surface area (Å²) in [6.45, 7) is 3.23. The van der Waals surface area contributed by atoms with Gasteiger partial charge in [-0.3, -0.25) is 4.79 Å². The van der Waals surface area contributed by atoms with E-state index >= 15 is 0 Å². The molecule has 2 aliphatic rings. The van der Waals surface area contributed by atoms with Gasteiger partial charge in [-0.2, -0.15) is 4.98 Å². The molecule has 3 heterocycles. The number of aromatic nitrogens is 1. The highest BCUT2D eigenvalue weighted by atomic mass is 16.5. The number of carbonyl (C=O) groups excluding carboxylic acids is 2. The Kier molecular flexibility index (Phi) is 3.94. The normalized spacial score (nSPS) is 22.0. The topological polar surface area (TPSA) is 75.9 Å². The van der Waals surface area contributed by atoms with Crippen molar-refractivity contribution >= 4 is 23.6 Å². The maximum Gasteiger partial charge on any atom is 0.360 e. The van der Waals surface area contributed by atoms with Crippen molar-refractivity contribution < 1.29 is 18.7 Å². The maximum absolute atomic E-state index is 13.1. The third kappa shape index (κ3) is 2.38. The number of carbonyl (C=O) groups is 2. The Balaban J connectivity index is 1.65. The average molecular weight is 355 g/mol. The molecule has 1 amide bonds. The summed E-state index contributed by atoms with van der Waals surface area (Å²) in [6.07, 6.45) is 2.94. The molecular formula is C19H21N3O4. The number of likely N-dealkylation sites (N-methyl/N-ethyl adjacent to an activating group) is 1. The number of nitrogens with zero attached hydrogens (tertiary/aromatic N) is 3. The minimum atomic E-state index is -0.595. The van der Waals surface area contributed by atoms with E-state index < -0.39 is 11.4 Å². The molecular weight excluding hydrogens is 334 g/mol. The number of para-hydroxylation sites is 1. The first-order chi connectivity index (χ1) is 12.6. The van der Waals surface area contributed by atoms with Crippen LogP contribution in [0.1, 0.15) is 35.8 Å².